The number of esters is 1. The third-order valence-corrected chi connectivity index (χ3v) is 11.8. The lowest BCUT2D eigenvalue weighted by molar-refractivity contribution is -0.870. The second-order valence-electron chi connectivity index (χ2n) is 17.9. The summed E-state index contributed by atoms with van der Waals surface area (Å²) in [5.74, 6) is -0.311. The van der Waals surface area contributed by atoms with E-state index in [9.17, 15) is 14.3 Å². The van der Waals surface area contributed by atoms with Gasteiger partial charge in [-0.15, -0.1) is 0 Å². The highest BCUT2D eigenvalue weighted by molar-refractivity contribution is 7.47. The van der Waals surface area contributed by atoms with Crippen LogP contribution in [0.25, 0.3) is 0 Å². The SMILES string of the molecule is CCCCCCCCCC/C=C\CCCCCCCCCCCC(=O)OC(COCCCCCCCCCCCCCCCC)COP(=O)(O)OCC[N+](C)(C)C. The largest absolute Gasteiger partial charge is 0.472 e. The van der Waals surface area contributed by atoms with E-state index in [1.165, 1.54) is 180 Å². The van der Waals surface area contributed by atoms with Gasteiger partial charge in [-0.1, -0.05) is 199 Å². The molecule has 0 fully saturated rings. The molecule has 0 aliphatic carbocycles. The Hall–Kier alpha value is -0.760. The molecule has 340 valence electrons. The average molecular weight is 831 g/mol. The number of unbranched alkanes of at least 4 members (excludes halogenated alkanes) is 30. The van der Waals surface area contributed by atoms with Crippen LogP contribution in [0.4, 0.5) is 0 Å². The Balaban J connectivity index is 4.12. The lowest BCUT2D eigenvalue weighted by Crippen LogP contribution is -2.37. The molecule has 0 aromatic heterocycles. The van der Waals surface area contributed by atoms with E-state index in [0.717, 1.165) is 32.1 Å². The van der Waals surface area contributed by atoms with Crippen molar-refractivity contribution in [2.24, 2.45) is 0 Å². The Morgan fingerprint density at radius 3 is 1.33 bits per heavy atom. The predicted octanol–water partition coefficient (Wildman–Crippen LogP) is 14.6. The number of hydrogen-bond donors (Lipinski definition) is 1. The molecule has 2 unspecified atom stereocenters. The summed E-state index contributed by atoms with van der Waals surface area (Å²) in [6.45, 7) is 5.67. The average Bonchev–Trinajstić information content (AvgIpc) is 3.16. The maximum atomic E-state index is 12.7. The van der Waals surface area contributed by atoms with Crippen molar-refractivity contribution in [3.63, 3.8) is 0 Å². The molecule has 0 spiro atoms. The quantitative estimate of drug-likeness (QED) is 0.0215. The van der Waals surface area contributed by atoms with Crippen molar-refractivity contribution in [2.75, 3.05) is 54.1 Å². The van der Waals surface area contributed by atoms with Gasteiger partial charge in [0.25, 0.3) is 0 Å². The molecule has 0 radical (unpaired) electrons. The summed E-state index contributed by atoms with van der Waals surface area (Å²) in [6, 6.07) is 0. The first-order valence-corrected chi connectivity index (χ1v) is 25.9. The molecule has 0 saturated carbocycles. The minimum Gasteiger partial charge on any atom is -0.457 e. The first kappa shape index (κ1) is 56.2. The molecule has 0 aromatic carbocycles. The van der Waals surface area contributed by atoms with Crippen molar-refractivity contribution in [1.29, 1.82) is 0 Å². The summed E-state index contributed by atoms with van der Waals surface area (Å²) < 4.78 is 35.1. The number of hydrogen-bond acceptors (Lipinski definition) is 6. The standard InChI is InChI=1S/C48H96NO7P/c1-6-8-10-12-14-16-18-20-22-23-24-25-26-27-28-29-31-33-35-37-39-41-48(50)56-47(46-55-57(51,52)54-44-42-49(3,4)5)45-53-43-40-38-36-34-32-30-21-19-17-15-13-11-9-7-2/h23-24,47H,6-22,25-46H2,1-5H3/p+1/b24-23-. The van der Waals surface area contributed by atoms with Gasteiger partial charge in [-0.05, 0) is 38.5 Å². The fraction of sp³-hybridized carbons (Fsp3) is 0.938. The molecule has 0 rings (SSSR count). The maximum Gasteiger partial charge on any atom is 0.472 e. The van der Waals surface area contributed by atoms with Gasteiger partial charge in [0, 0.05) is 13.0 Å². The molecule has 0 aliphatic rings. The van der Waals surface area contributed by atoms with Gasteiger partial charge in [-0.2, -0.15) is 0 Å². The molecule has 0 amide bonds. The molecule has 0 aliphatic heterocycles. The number of allylic oxidation sites excluding steroid dienone is 2. The molecule has 0 aromatic rings. The smallest absolute Gasteiger partial charge is 0.457 e. The molecule has 2 atom stereocenters. The first-order valence-electron chi connectivity index (χ1n) is 24.4. The van der Waals surface area contributed by atoms with Gasteiger partial charge in [0.2, 0.25) is 0 Å². The Morgan fingerprint density at radius 2 is 0.912 bits per heavy atom. The Kier molecular flexibility index (Phi) is 41.4. The monoisotopic (exact) mass is 831 g/mol. The molecule has 8 nitrogen and oxygen atoms in total. The zero-order valence-corrected chi connectivity index (χ0v) is 39.5. The molecule has 57 heavy (non-hydrogen) atoms. The second kappa shape index (κ2) is 42.0. The van der Waals surface area contributed by atoms with Crippen molar-refractivity contribution in [2.45, 2.75) is 238 Å². The summed E-state index contributed by atoms with van der Waals surface area (Å²) in [4.78, 5) is 22.9. The maximum absolute atomic E-state index is 12.7. The van der Waals surface area contributed by atoms with Crippen LogP contribution in [0.5, 0.6) is 0 Å². The summed E-state index contributed by atoms with van der Waals surface area (Å²) in [5, 5.41) is 0. The fourth-order valence-electron chi connectivity index (χ4n) is 7.02. The summed E-state index contributed by atoms with van der Waals surface area (Å²) in [6.07, 6.45) is 46.7. The predicted molar refractivity (Wildman–Crippen MR) is 243 cm³/mol. The number of phosphoric ester groups is 1. The number of nitrogens with zero attached hydrogens (tertiary/aromatic N) is 1. The van der Waals surface area contributed by atoms with Crippen molar-refractivity contribution >= 4 is 13.8 Å². The number of ether oxygens (including phenoxy) is 2. The number of likely N-dealkylation sites (N-methyl/N-ethyl adjacent to an activating group) is 1. The van der Waals surface area contributed by atoms with E-state index >= 15 is 0 Å². The van der Waals surface area contributed by atoms with Gasteiger partial charge >= 0.3 is 13.8 Å². The van der Waals surface area contributed by atoms with E-state index in [-0.39, 0.29) is 25.8 Å². The third-order valence-electron chi connectivity index (χ3n) is 10.8. The van der Waals surface area contributed by atoms with Gasteiger partial charge in [0.1, 0.15) is 19.3 Å². The van der Waals surface area contributed by atoms with Gasteiger partial charge < -0.3 is 18.9 Å². The van der Waals surface area contributed by atoms with Crippen LogP contribution < -0.4 is 0 Å². The van der Waals surface area contributed by atoms with Crippen molar-refractivity contribution in [3.05, 3.63) is 12.2 Å². The van der Waals surface area contributed by atoms with Crippen LogP contribution in [0.15, 0.2) is 12.2 Å². The molecule has 9 heteroatoms. The normalized spacial score (nSPS) is 13.7. The topological polar surface area (TPSA) is 91.3 Å². The van der Waals surface area contributed by atoms with Crippen LogP contribution >= 0.6 is 7.82 Å². The van der Waals surface area contributed by atoms with Gasteiger partial charge in [0.15, 0.2) is 0 Å². The summed E-state index contributed by atoms with van der Waals surface area (Å²) in [7, 11) is 1.68. The van der Waals surface area contributed by atoms with E-state index in [1.54, 1.807) is 0 Å². The van der Waals surface area contributed by atoms with Crippen LogP contribution in [0, 0.1) is 0 Å². The van der Waals surface area contributed by atoms with E-state index in [1.807, 2.05) is 21.1 Å². The van der Waals surface area contributed by atoms with Gasteiger partial charge in [0.05, 0.1) is 34.4 Å². The number of carbonyl (C=O) groups is 1. The van der Waals surface area contributed by atoms with E-state index in [2.05, 4.69) is 26.0 Å². The van der Waals surface area contributed by atoms with Crippen LogP contribution in [-0.2, 0) is 27.9 Å². The lowest BCUT2D eigenvalue weighted by atomic mass is 10.0. The molecule has 0 heterocycles. The number of phosphoric acid groups is 1. The number of carbonyl (C=O) groups excluding carboxylic acids is 1. The molecule has 0 bridgehead atoms. The number of quaternary nitrogens is 1. The van der Waals surface area contributed by atoms with E-state index in [0.29, 0.717) is 24.1 Å². The fourth-order valence-corrected chi connectivity index (χ4v) is 7.76. The van der Waals surface area contributed by atoms with Gasteiger partial charge in [-0.25, -0.2) is 4.57 Å². The second-order valence-corrected chi connectivity index (χ2v) is 19.3. The van der Waals surface area contributed by atoms with Crippen LogP contribution in [0.2, 0.25) is 0 Å². The zero-order chi connectivity index (χ0) is 42.0. The summed E-state index contributed by atoms with van der Waals surface area (Å²) in [5.41, 5.74) is 0. The highest BCUT2D eigenvalue weighted by atomic mass is 31.2. The third kappa shape index (κ3) is 46.2. The van der Waals surface area contributed by atoms with E-state index in [4.69, 9.17) is 18.5 Å². The lowest BCUT2D eigenvalue weighted by Gasteiger charge is -2.24. The molecule has 0 saturated heterocycles. The minimum absolute atomic E-state index is 0.0917. The Labute approximate surface area is 354 Å². The highest BCUT2D eigenvalue weighted by Gasteiger charge is 2.26. The van der Waals surface area contributed by atoms with Crippen molar-refractivity contribution in [3.8, 4) is 0 Å². The Bertz CT molecular complexity index is 925. The Morgan fingerprint density at radius 1 is 0.526 bits per heavy atom. The van der Waals surface area contributed by atoms with Crippen LogP contribution in [-0.4, -0.2) is 75.6 Å². The van der Waals surface area contributed by atoms with Crippen molar-refractivity contribution < 1.29 is 37.3 Å². The first-order chi connectivity index (χ1) is 27.6. The van der Waals surface area contributed by atoms with Gasteiger partial charge in [-0.3, -0.25) is 13.8 Å². The summed E-state index contributed by atoms with van der Waals surface area (Å²) >= 11 is 0. The van der Waals surface area contributed by atoms with Crippen LogP contribution in [0.3, 0.4) is 0 Å². The van der Waals surface area contributed by atoms with E-state index < -0.39 is 13.9 Å². The zero-order valence-electron chi connectivity index (χ0n) is 38.6. The van der Waals surface area contributed by atoms with Crippen molar-refractivity contribution in [1.82, 2.24) is 0 Å². The minimum atomic E-state index is -4.27. The number of rotatable bonds is 46. The molecular weight excluding hydrogens is 734 g/mol. The van der Waals surface area contributed by atoms with Crippen LogP contribution in [0.1, 0.15) is 232 Å². The highest BCUT2D eigenvalue weighted by Crippen LogP contribution is 2.43. The molecular formula is C48H97NO7P+. The molecule has 1 N–H and O–H groups in total.